The summed E-state index contributed by atoms with van der Waals surface area (Å²) in [5.41, 5.74) is 0.885. The molecule has 1 aliphatic heterocycles. The smallest absolute Gasteiger partial charge is 0.242 e. The maximum atomic E-state index is 5.16. The van der Waals surface area contributed by atoms with Gasteiger partial charge in [0, 0.05) is 19.6 Å². The van der Waals surface area contributed by atoms with E-state index in [-0.39, 0.29) is 0 Å². The first-order valence-corrected chi connectivity index (χ1v) is 4.59. The van der Waals surface area contributed by atoms with Gasteiger partial charge in [-0.3, -0.25) is 0 Å². The van der Waals surface area contributed by atoms with Crippen LogP contribution in [0.1, 0.15) is 6.92 Å². The van der Waals surface area contributed by atoms with Crippen LogP contribution in [-0.4, -0.2) is 36.7 Å². The zero-order valence-electron chi connectivity index (χ0n) is 8.61. The van der Waals surface area contributed by atoms with Crippen molar-refractivity contribution in [3.8, 4) is 5.88 Å². The van der Waals surface area contributed by atoms with E-state index in [0.29, 0.717) is 11.9 Å². The van der Waals surface area contributed by atoms with Crippen LogP contribution in [0.5, 0.6) is 5.88 Å². The Hall–Kier alpha value is -1.52. The molecule has 2 heterocycles. The Kier molecular flexibility index (Phi) is 2.15. The molecule has 1 atom stereocenters. The zero-order valence-corrected chi connectivity index (χ0v) is 8.61. The van der Waals surface area contributed by atoms with Crippen molar-refractivity contribution < 1.29 is 4.74 Å². The fraction of sp³-hybridized carbons (Fsp3) is 0.556. The van der Waals surface area contributed by atoms with Gasteiger partial charge >= 0.3 is 0 Å². The molecule has 1 N–H and O–H groups in total. The second-order valence-corrected chi connectivity index (χ2v) is 3.42. The highest BCUT2D eigenvalue weighted by molar-refractivity contribution is 5.72. The number of rotatable bonds is 1. The van der Waals surface area contributed by atoms with E-state index < -0.39 is 0 Å². The number of likely N-dealkylation sites (N-methyl/N-ethyl adjacent to an activating group) is 1. The third-order valence-corrected chi connectivity index (χ3v) is 2.56. The maximum Gasteiger partial charge on any atom is 0.242 e. The van der Waals surface area contributed by atoms with Gasteiger partial charge in [-0.15, -0.1) is 0 Å². The first-order chi connectivity index (χ1) is 6.74. The van der Waals surface area contributed by atoms with Crippen LogP contribution in [0.15, 0.2) is 6.33 Å². The molecule has 2 rings (SSSR count). The molecule has 1 aromatic heterocycles. The van der Waals surface area contributed by atoms with Gasteiger partial charge in [-0.1, -0.05) is 0 Å². The summed E-state index contributed by atoms with van der Waals surface area (Å²) in [7, 11) is 3.64. The molecule has 1 aromatic rings. The molecule has 1 unspecified atom stereocenters. The molecule has 0 bridgehead atoms. The molecule has 5 heteroatoms. The molecule has 0 aromatic carbocycles. The predicted molar refractivity (Wildman–Crippen MR) is 54.9 cm³/mol. The lowest BCUT2D eigenvalue weighted by molar-refractivity contribution is 0.397. The van der Waals surface area contributed by atoms with Crippen LogP contribution in [-0.2, 0) is 0 Å². The standard InChI is InChI=1S/C9H14N4O/c1-6-4-10-7-8(13(6)2)11-5-12-9(7)14-3/h5-6,10H,4H2,1-3H3. The van der Waals surface area contributed by atoms with Crippen molar-refractivity contribution in [2.24, 2.45) is 0 Å². The van der Waals surface area contributed by atoms with Crippen LogP contribution < -0.4 is 15.0 Å². The van der Waals surface area contributed by atoms with Crippen LogP contribution in [0.2, 0.25) is 0 Å². The van der Waals surface area contributed by atoms with Gasteiger partial charge in [0.15, 0.2) is 5.82 Å². The van der Waals surface area contributed by atoms with Gasteiger partial charge in [0.05, 0.1) is 7.11 Å². The van der Waals surface area contributed by atoms with Crippen molar-refractivity contribution in [3.05, 3.63) is 6.33 Å². The second-order valence-electron chi connectivity index (χ2n) is 3.42. The van der Waals surface area contributed by atoms with Gasteiger partial charge in [-0.2, -0.15) is 4.98 Å². The minimum atomic E-state index is 0.433. The van der Waals surface area contributed by atoms with E-state index in [4.69, 9.17) is 4.74 Å². The van der Waals surface area contributed by atoms with E-state index in [9.17, 15) is 0 Å². The van der Waals surface area contributed by atoms with E-state index in [2.05, 4.69) is 27.1 Å². The van der Waals surface area contributed by atoms with Crippen molar-refractivity contribution in [2.45, 2.75) is 13.0 Å². The fourth-order valence-electron chi connectivity index (χ4n) is 1.53. The molecule has 5 nitrogen and oxygen atoms in total. The van der Waals surface area contributed by atoms with Crippen molar-refractivity contribution in [1.29, 1.82) is 0 Å². The molecule has 14 heavy (non-hydrogen) atoms. The van der Waals surface area contributed by atoms with Crippen molar-refractivity contribution in [3.63, 3.8) is 0 Å². The summed E-state index contributed by atoms with van der Waals surface area (Å²) < 4.78 is 5.16. The van der Waals surface area contributed by atoms with Crippen molar-refractivity contribution >= 4 is 11.5 Å². The number of ether oxygens (including phenoxy) is 1. The Morgan fingerprint density at radius 2 is 2.36 bits per heavy atom. The molecule has 0 spiro atoms. The lowest BCUT2D eigenvalue weighted by atomic mass is 10.2. The lowest BCUT2D eigenvalue weighted by Gasteiger charge is -2.33. The molecule has 76 valence electrons. The van der Waals surface area contributed by atoms with Crippen LogP contribution in [0.4, 0.5) is 11.5 Å². The average Bonchev–Trinajstić information content (AvgIpc) is 2.23. The van der Waals surface area contributed by atoms with Gasteiger partial charge in [-0.05, 0) is 6.92 Å². The van der Waals surface area contributed by atoms with Crippen LogP contribution in [0, 0.1) is 0 Å². The largest absolute Gasteiger partial charge is 0.479 e. The number of hydrogen-bond donors (Lipinski definition) is 1. The number of anilines is 2. The van der Waals surface area contributed by atoms with Crippen LogP contribution >= 0.6 is 0 Å². The number of hydrogen-bond acceptors (Lipinski definition) is 5. The summed E-state index contributed by atoms with van der Waals surface area (Å²) >= 11 is 0. The number of nitrogens with one attached hydrogen (secondary N) is 1. The molecule has 0 saturated heterocycles. The first-order valence-electron chi connectivity index (χ1n) is 4.59. The Morgan fingerprint density at radius 1 is 1.57 bits per heavy atom. The third kappa shape index (κ3) is 1.25. The molecular weight excluding hydrogens is 180 g/mol. The van der Waals surface area contributed by atoms with Crippen LogP contribution in [0.25, 0.3) is 0 Å². The summed E-state index contributed by atoms with van der Waals surface area (Å²) in [5, 5.41) is 3.27. The van der Waals surface area contributed by atoms with Gasteiger partial charge in [-0.25, -0.2) is 4.98 Å². The fourth-order valence-corrected chi connectivity index (χ4v) is 1.53. The average molecular weight is 194 g/mol. The highest BCUT2D eigenvalue weighted by Gasteiger charge is 2.23. The highest BCUT2D eigenvalue weighted by Crippen LogP contribution is 2.33. The third-order valence-electron chi connectivity index (χ3n) is 2.56. The SMILES string of the molecule is COc1ncnc2c1NCC(C)N2C. The summed E-state index contributed by atoms with van der Waals surface area (Å²) in [6.07, 6.45) is 1.52. The minimum Gasteiger partial charge on any atom is -0.479 e. The maximum absolute atomic E-state index is 5.16. The second kappa shape index (κ2) is 3.32. The highest BCUT2D eigenvalue weighted by atomic mass is 16.5. The molecule has 0 aliphatic carbocycles. The molecule has 0 amide bonds. The van der Waals surface area contributed by atoms with E-state index in [0.717, 1.165) is 18.1 Å². The molecular formula is C9H14N4O. The first kappa shape index (κ1) is 9.05. The molecule has 1 aliphatic rings. The number of methoxy groups -OCH3 is 1. The monoisotopic (exact) mass is 194 g/mol. The summed E-state index contributed by atoms with van der Waals surface area (Å²) in [6.45, 7) is 3.03. The number of aromatic nitrogens is 2. The van der Waals surface area contributed by atoms with E-state index in [1.807, 2.05) is 7.05 Å². The van der Waals surface area contributed by atoms with E-state index in [1.54, 1.807) is 7.11 Å². The Labute approximate surface area is 83.1 Å². The Balaban J connectivity index is 2.47. The molecule has 0 fully saturated rings. The van der Waals surface area contributed by atoms with Gasteiger partial charge in [0.2, 0.25) is 5.88 Å². The van der Waals surface area contributed by atoms with Crippen molar-refractivity contribution in [1.82, 2.24) is 9.97 Å². The lowest BCUT2D eigenvalue weighted by Crippen LogP contribution is -2.40. The number of fused-ring (bicyclic) bond motifs is 1. The predicted octanol–water partition coefficient (Wildman–Crippen LogP) is 0.735. The van der Waals surface area contributed by atoms with E-state index in [1.165, 1.54) is 6.33 Å². The number of nitrogens with zero attached hydrogens (tertiary/aromatic N) is 3. The zero-order chi connectivity index (χ0) is 10.1. The minimum absolute atomic E-state index is 0.433. The van der Waals surface area contributed by atoms with Crippen molar-refractivity contribution in [2.75, 3.05) is 30.9 Å². The quantitative estimate of drug-likeness (QED) is 0.714. The summed E-state index contributed by atoms with van der Waals surface area (Å²) in [4.78, 5) is 10.4. The van der Waals surface area contributed by atoms with Gasteiger partial charge in [0.1, 0.15) is 12.0 Å². The normalized spacial score (nSPS) is 19.9. The molecule has 0 radical (unpaired) electrons. The van der Waals surface area contributed by atoms with Crippen LogP contribution in [0.3, 0.4) is 0 Å². The Morgan fingerprint density at radius 3 is 3.07 bits per heavy atom. The topological polar surface area (TPSA) is 50.3 Å². The Bertz CT molecular complexity index is 342. The summed E-state index contributed by atoms with van der Waals surface area (Å²) in [6, 6.07) is 0.433. The molecule has 0 saturated carbocycles. The van der Waals surface area contributed by atoms with Gasteiger partial charge < -0.3 is 15.0 Å². The summed E-state index contributed by atoms with van der Waals surface area (Å²) in [5.74, 6) is 1.50. The van der Waals surface area contributed by atoms with Gasteiger partial charge in [0.25, 0.3) is 0 Å². The van der Waals surface area contributed by atoms with E-state index >= 15 is 0 Å².